The molecule has 1 unspecified atom stereocenters. The largest absolute Gasteiger partial charge is 0.0806 e. The lowest BCUT2D eigenvalue weighted by atomic mass is 9.74. The lowest BCUT2D eigenvalue weighted by Crippen LogP contribution is -2.21. The fourth-order valence-electron chi connectivity index (χ4n) is 1.65. The summed E-state index contributed by atoms with van der Waals surface area (Å²) in [5.41, 5.74) is 0.380. The normalized spacial score (nSPS) is 27.4. The van der Waals surface area contributed by atoms with Crippen LogP contribution in [0.1, 0.15) is 33.6 Å². The van der Waals surface area contributed by atoms with E-state index in [4.69, 9.17) is 0 Å². The van der Waals surface area contributed by atoms with Crippen LogP contribution in [0.4, 0.5) is 0 Å². The summed E-state index contributed by atoms with van der Waals surface area (Å²) in [5, 5.41) is 0. The maximum absolute atomic E-state index is 2.34. The first kappa shape index (κ1) is 8.58. The van der Waals surface area contributed by atoms with Gasteiger partial charge in [0.15, 0.2) is 0 Å². The van der Waals surface area contributed by atoms with Crippen LogP contribution >= 0.6 is 0 Å². The molecule has 0 aromatic carbocycles. The van der Waals surface area contributed by atoms with Crippen molar-refractivity contribution in [3.8, 4) is 0 Å². The fraction of sp³-hybridized carbons (Fsp3) is 0.636. The van der Waals surface area contributed by atoms with Crippen LogP contribution in [-0.4, -0.2) is 0 Å². The van der Waals surface area contributed by atoms with E-state index >= 15 is 0 Å². The molecular weight excluding hydrogens is 132 g/mol. The molecule has 0 spiro atoms. The van der Waals surface area contributed by atoms with Gasteiger partial charge < -0.3 is 0 Å². The summed E-state index contributed by atoms with van der Waals surface area (Å²) in [4.78, 5) is 0. The second-order valence-electron chi connectivity index (χ2n) is 3.96. The van der Waals surface area contributed by atoms with E-state index in [2.05, 4.69) is 45.1 Å². The summed E-state index contributed by atoms with van der Waals surface area (Å²) in [6.07, 6.45) is 11.6. The van der Waals surface area contributed by atoms with Crippen LogP contribution in [-0.2, 0) is 0 Å². The standard InChI is InChI=1S/C11H18/c1-4-7-10-8-5-6-9-11(10,2)3/h5-6,8-10H,4,7H2,1-3H3. The summed E-state index contributed by atoms with van der Waals surface area (Å²) in [6.45, 7) is 6.88. The molecule has 0 aliphatic heterocycles. The van der Waals surface area contributed by atoms with Crippen molar-refractivity contribution in [1.29, 1.82) is 0 Å². The molecule has 62 valence electrons. The Bertz CT molecular complexity index is 172. The Balaban J connectivity index is 2.64. The third-order valence-electron chi connectivity index (χ3n) is 2.54. The van der Waals surface area contributed by atoms with Crippen molar-refractivity contribution in [1.82, 2.24) is 0 Å². The molecule has 0 heteroatoms. The maximum Gasteiger partial charge on any atom is -0.0109 e. The zero-order chi connectivity index (χ0) is 8.32. The molecule has 0 heterocycles. The van der Waals surface area contributed by atoms with Crippen molar-refractivity contribution in [3.63, 3.8) is 0 Å². The van der Waals surface area contributed by atoms with Gasteiger partial charge in [-0.3, -0.25) is 0 Å². The van der Waals surface area contributed by atoms with Gasteiger partial charge in [-0.05, 0) is 17.8 Å². The molecule has 0 saturated heterocycles. The quantitative estimate of drug-likeness (QED) is 0.564. The first-order valence-corrected chi connectivity index (χ1v) is 4.53. The Labute approximate surface area is 70.0 Å². The summed E-state index contributed by atoms with van der Waals surface area (Å²) in [6, 6.07) is 0. The minimum absolute atomic E-state index is 0.380. The molecule has 0 aromatic heterocycles. The summed E-state index contributed by atoms with van der Waals surface area (Å²) >= 11 is 0. The van der Waals surface area contributed by atoms with Gasteiger partial charge in [-0.15, -0.1) is 0 Å². The van der Waals surface area contributed by atoms with Crippen LogP contribution in [0, 0.1) is 11.3 Å². The third-order valence-corrected chi connectivity index (χ3v) is 2.54. The minimum Gasteiger partial charge on any atom is -0.0806 e. The predicted octanol–water partition coefficient (Wildman–Crippen LogP) is 3.55. The van der Waals surface area contributed by atoms with Crippen molar-refractivity contribution < 1.29 is 0 Å². The Morgan fingerprint density at radius 3 is 2.55 bits per heavy atom. The van der Waals surface area contributed by atoms with E-state index in [1.165, 1.54) is 12.8 Å². The monoisotopic (exact) mass is 150 g/mol. The minimum atomic E-state index is 0.380. The third kappa shape index (κ3) is 1.95. The van der Waals surface area contributed by atoms with Gasteiger partial charge >= 0.3 is 0 Å². The smallest absolute Gasteiger partial charge is 0.0109 e. The van der Waals surface area contributed by atoms with Gasteiger partial charge in [0.05, 0.1) is 0 Å². The van der Waals surface area contributed by atoms with Crippen molar-refractivity contribution >= 4 is 0 Å². The average Bonchev–Trinajstić information content (AvgIpc) is 1.94. The first-order valence-electron chi connectivity index (χ1n) is 4.53. The molecule has 0 saturated carbocycles. The Hall–Kier alpha value is -0.520. The molecule has 1 aliphatic rings. The van der Waals surface area contributed by atoms with Gasteiger partial charge in [0.1, 0.15) is 0 Å². The Morgan fingerprint density at radius 1 is 1.27 bits per heavy atom. The Kier molecular flexibility index (Phi) is 2.53. The molecule has 0 aromatic rings. The van der Waals surface area contributed by atoms with Crippen LogP contribution < -0.4 is 0 Å². The van der Waals surface area contributed by atoms with E-state index in [1.54, 1.807) is 0 Å². The van der Waals surface area contributed by atoms with Crippen LogP contribution in [0.2, 0.25) is 0 Å². The topological polar surface area (TPSA) is 0 Å². The van der Waals surface area contributed by atoms with E-state index in [-0.39, 0.29) is 0 Å². The number of hydrogen-bond donors (Lipinski definition) is 0. The lowest BCUT2D eigenvalue weighted by molar-refractivity contribution is 0.318. The van der Waals surface area contributed by atoms with E-state index < -0.39 is 0 Å². The molecule has 0 amide bonds. The molecule has 0 fully saturated rings. The number of rotatable bonds is 2. The van der Waals surface area contributed by atoms with Gasteiger partial charge in [-0.1, -0.05) is 51.5 Å². The molecule has 1 atom stereocenters. The zero-order valence-corrected chi connectivity index (χ0v) is 7.80. The van der Waals surface area contributed by atoms with Crippen LogP contribution in [0.25, 0.3) is 0 Å². The van der Waals surface area contributed by atoms with Crippen molar-refractivity contribution in [2.45, 2.75) is 33.6 Å². The van der Waals surface area contributed by atoms with E-state index in [9.17, 15) is 0 Å². The average molecular weight is 150 g/mol. The summed E-state index contributed by atoms with van der Waals surface area (Å²) in [7, 11) is 0. The van der Waals surface area contributed by atoms with Gasteiger partial charge in [0.25, 0.3) is 0 Å². The lowest BCUT2D eigenvalue weighted by Gasteiger charge is -2.31. The molecule has 1 rings (SSSR count). The SMILES string of the molecule is CCCC1C=CC=CC1(C)C. The number of hydrogen-bond acceptors (Lipinski definition) is 0. The predicted molar refractivity (Wildman–Crippen MR) is 50.5 cm³/mol. The molecule has 0 N–H and O–H groups in total. The summed E-state index contributed by atoms with van der Waals surface area (Å²) in [5.74, 6) is 0.748. The highest BCUT2D eigenvalue weighted by atomic mass is 14.3. The second kappa shape index (κ2) is 3.25. The molecular formula is C11H18. The molecule has 0 radical (unpaired) electrons. The van der Waals surface area contributed by atoms with E-state index in [1.807, 2.05) is 0 Å². The highest BCUT2D eigenvalue weighted by molar-refractivity contribution is 5.17. The Morgan fingerprint density at radius 2 is 2.00 bits per heavy atom. The van der Waals surface area contributed by atoms with Crippen molar-refractivity contribution in [2.75, 3.05) is 0 Å². The molecule has 0 nitrogen and oxygen atoms in total. The van der Waals surface area contributed by atoms with Gasteiger partial charge in [-0.2, -0.15) is 0 Å². The van der Waals surface area contributed by atoms with E-state index in [0.717, 1.165) is 5.92 Å². The fourth-order valence-corrected chi connectivity index (χ4v) is 1.65. The van der Waals surface area contributed by atoms with Crippen molar-refractivity contribution in [3.05, 3.63) is 24.3 Å². The first-order chi connectivity index (χ1) is 5.17. The highest BCUT2D eigenvalue weighted by Crippen LogP contribution is 2.35. The van der Waals surface area contributed by atoms with Crippen molar-refractivity contribution in [2.24, 2.45) is 11.3 Å². The summed E-state index contributed by atoms with van der Waals surface area (Å²) < 4.78 is 0. The van der Waals surface area contributed by atoms with Gasteiger partial charge in [0, 0.05) is 0 Å². The number of allylic oxidation sites excluding steroid dienone is 4. The maximum atomic E-state index is 2.34. The van der Waals surface area contributed by atoms with Crippen LogP contribution in [0.3, 0.4) is 0 Å². The molecule has 1 aliphatic carbocycles. The van der Waals surface area contributed by atoms with Crippen LogP contribution in [0.15, 0.2) is 24.3 Å². The molecule has 0 bridgehead atoms. The molecule has 11 heavy (non-hydrogen) atoms. The van der Waals surface area contributed by atoms with Crippen LogP contribution in [0.5, 0.6) is 0 Å². The van der Waals surface area contributed by atoms with E-state index in [0.29, 0.717) is 5.41 Å². The second-order valence-corrected chi connectivity index (χ2v) is 3.96. The highest BCUT2D eigenvalue weighted by Gasteiger charge is 2.24. The van der Waals surface area contributed by atoms with Gasteiger partial charge in [0.2, 0.25) is 0 Å². The van der Waals surface area contributed by atoms with Gasteiger partial charge in [-0.25, -0.2) is 0 Å². The zero-order valence-electron chi connectivity index (χ0n) is 7.80.